The molecule has 0 radical (unpaired) electrons. The summed E-state index contributed by atoms with van der Waals surface area (Å²) < 4.78 is 61.2. The van der Waals surface area contributed by atoms with Crippen LogP contribution in [0, 0.1) is 0 Å². The van der Waals surface area contributed by atoms with Crippen molar-refractivity contribution in [1.29, 1.82) is 0 Å². The van der Waals surface area contributed by atoms with Gasteiger partial charge in [0.25, 0.3) is 17.4 Å². The van der Waals surface area contributed by atoms with Crippen LogP contribution in [0.15, 0.2) is 36.9 Å². The van der Waals surface area contributed by atoms with Crippen LogP contribution in [0.25, 0.3) is 0 Å². The molecule has 1 N–H and O–H groups in total. The van der Waals surface area contributed by atoms with Crippen molar-refractivity contribution in [1.82, 2.24) is 15.3 Å². The van der Waals surface area contributed by atoms with E-state index >= 15 is 0 Å². The molecule has 2 atom stereocenters. The predicted molar refractivity (Wildman–Crippen MR) is 118 cm³/mol. The lowest BCUT2D eigenvalue weighted by Gasteiger charge is -2.41. The van der Waals surface area contributed by atoms with Gasteiger partial charge in [-0.2, -0.15) is 0 Å². The number of rotatable bonds is 7. The second-order valence-electron chi connectivity index (χ2n) is 7.69. The number of amides is 2. The molecule has 35 heavy (non-hydrogen) atoms. The second-order valence-corrected chi connectivity index (χ2v) is 8.49. The van der Waals surface area contributed by atoms with Gasteiger partial charge in [0.2, 0.25) is 0 Å². The van der Waals surface area contributed by atoms with Crippen LogP contribution in [0.2, 0.25) is 5.02 Å². The molecule has 2 aromatic rings. The van der Waals surface area contributed by atoms with Crippen LogP contribution in [0.4, 0.5) is 23.2 Å². The number of carbonyl (C=O) groups excluding carboxylic acids is 2. The first kappa shape index (κ1) is 26.9. The molecule has 190 valence electrons. The minimum absolute atomic E-state index is 0.0712. The van der Waals surface area contributed by atoms with E-state index in [1.54, 1.807) is 0 Å². The summed E-state index contributed by atoms with van der Waals surface area (Å²) in [6, 6.07) is 2.33. The summed E-state index contributed by atoms with van der Waals surface area (Å²) in [4.78, 5) is 35.1. The number of carbonyl (C=O) groups is 2. The maximum absolute atomic E-state index is 14.2. The van der Waals surface area contributed by atoms with Crippen molar-refractivity contribution < 1.29 is 36.6 Å². The third-order valence-corrected chi connectivity index (χ3v) is 5.86. The lowest BCUT2D eigenvalue weighted by Crippen LogP contribution is -2.60. The number of aromatic nitrogens is 2. The third kappa shape index (κ3) is 6.30. The van der Waals surface area contributed by atoms with Gasteiger partial charge in [0.05, 0.1) is 10.7 Å². The van der Waals surface area contributed by atoms with E-state index in [9.17, 15) is 27.2 Å². The normalized spacial score (nSPS) is 17.2. The van der Waals surface area contributed by atoms with Crippen LogP contribution in [-0.2, 0) is 19.9 Å². The molecule has 0 aliphatic carbocycles. The Kier molecular flexibility index (Phi) is 8.39. The van der Waals surface area contributed by atoms with Crippen LogP contribution >= 0.6 is 23.2 Å². The number of hydrogen-bond donors (Lipinski definition) is 1. The lowest BCUT2D eigenvalue weighted by atomic mass is 9.89. The monoisotopic (exact) mass is 538 g/mol. The van der Waals surface area contributed by atoms with E-state index in [2.05, 4.69) is 20.0 Å². The highest BCUT2D eigenvalue weighted by atomic mass is 35.5. The Hall–Kier alpha value is -2.70. The summed E-state index contributed by atoms with van der Waals surface area (Å²) in [7, 11) is 0. The fraction of sp³-hybridized carbons (Fsp3) is 0.429. The van der Waals surface area contributed by atoms with Crippen molar-refractivity contribution in [3.8, 4) is 5.75 Å². The minimum atomic E-state index is -5.00. The zero-order valence-corrected chi connectivity index (χ0v) is 19.7. The Balaban J connectivity index is 2.13. The molecule has 0 saturated carbocycles. The third-order valence-electron chi connectivity index (χ3n) is 5.37. The lowest BCUT2D eigenvalue weighted by molar-refractivity contribution is -0.274. The summed E-state index contributed by atoms with van der Waals surface area (Å²) in [5.41, 5.74) is -4.84. The van der Waals surface area contributed by atoms with Gasteiger partial charge in [0.1, 0.15) is 12.1 Å². The average molecular weight is 539 g/mol. The largest absolute Gasteiger partial charge is 0.573 e. The van der Waals surface area contributed by atoms with Gasteiger partial charge < -0.3 is 14.8 Å². The number of nitrogens with one attached hydrogen (secondary N) is 1. The molecule has 1 aromatic carbocycles. The molecule has 8 nitrogen and oxygen atoms in total. The van der Waals surface area contributed by atoms with Gasteiger partial charge >= 0.3 is 6.36 Å². The molecule has 0 unspecified atom stereocenters. The molecule has 1 fully saturated rings. The SMILES string of the molecule is C[C@](C(=O)NC1CCOCC1)(c1cncnc1)N(C(=O)[C@H](F)Cl)c1ccc(OC(F)(F)F)cc1Cl. The van der Waals surface area contributed by atoms with Crippen molar-refractivity contribution in [2.45, 2.75) is 43.3 Å². The van der Waals surface area contributed by atoms with Gasteiger partial charge in [0, 0.05) is 43.3 Å². The molecule has 14 heteroatoms. The number of benzene rings is 1. The molecule has 1 aliphatic rings. The molecule has 2 amide bonds. The summed E-state index contributed by atoms with van der Waals surface area (Å²) in [6.45, 7) is 2.10. The smallest absolute Gasteiger partial charge is 0.406 e. The number of hydrogen-bond acceptors (Lipinski definition) is 6. The molecule has 2 heterocycles. The number of ether oxygens (including phenoxy) is 2. The first-order valence-corrected chi connectivity index (χ1v) is 11.1. The number of nitrogens with zero attached hydrogens (tertiary/aromatic N) is 3. The highest BCUT2D eigenvalue weighted by molar-refractivity contribution is 6.36. The Morgan fingerprint density at radius 2 is 1.86 bits per heavy atom. The molecule has 0 spiro atoms. The summed E-state index contributed by atoms with van der Waals surface area (Å²) in [6.07, 6.45) is -0.345. The van der Waals surface area contributed by atoms with E-state index in [1.165, 1.54) is 25.6 Å². The molecule has 0 bridgehead atoms. The fourth-order valence-electron chi connectivity index (χ4n) is 3.62. The average Bonchev–Trinajstić information content (AvgIpc) is 2.80. The standard InChI is InChI=1S/C21H20Cl2F4N4O4/c1-20(12-9-28-11-29-10-12,19(33)30-13-4-6-34-7-5-13)31(18(32)17(23)24)16-3-2-14(8-15(16)22)35-21(25,26)27/h2-3,8-11,13,17H,4-7H2,1H3,(H,30,33)/t17-,20+/m0/s1. The maximum Gasteiger partial charge on any atom is 0.573 e. The van der Waals surface area contributed by atoms with Crippen molar-refractivity contribution in [3.63, 3.8) is 0 Å². The van der Waals surface area contributed by atoms with Crippen molar-refractivity contribution in [3.05, 3.63) is 47.5 Å². The Morgan fingerprint density at radius 3 is 2.40 bits per heavy atom. The number of anilines is 1. The van der Waals surface area contributed by atoms with Crippen molar-refractivity contribution in [2.24, 2.45) is 0 Å². The van der Waals surface area contributed by atoms with E-state index in [0.717, 1.165) is 18.2 Å². The molecular formula is C21H20Cl2F4N4O4. The topological polar surface area (TPSA) is 93.6 Å². The van der Waals surface area contributed by atoms with E-state index < -0.39 is 40.1 Å². The van der Waals surface area contributed by atoms with Gasteiger partial charge in [-0.3, -0.25) is 14.5 Å². The minimum Gasteiger partial charge on any atom is -0.406 e. The Labute approximate surface area is 207 Å². The van der Waals surface area contributed by atoms with Gasteiger partial charge in [-0.15, -0.1) is 13.2 Å². The zero-order chi connectivity index (χ0) is 25.8. The molecule has 3 rings (SSSR count). The van der Waals surface area contributed by atoms with Crippen LogP contribution in [0.1, 0.15) is 25.3 Å². The first-order valence-electron chi connectivity index (χ1n) is 10.2. The van der Waals surface area contributed by atoms with Crippen molar-refractivity contribution >= 4 is 40.7 Å². The first-order chi connectivity index (χ1) is 16.4. The predicted octanol–water partition coefficient (Wildman–Crippen LogP) is 4.11. The molecule has 1 aromatic heterocycles. The van der Waals surface area contributed by atoms with E-state index in [-0.39, 0.29) is 17.3 Å². The van der Waals surface area contributed by atoms with Crippen LogP contribution < -0.4 is 15.0 Å². The van der Waals surface area contributed by atoms with Crippen molar-refractivity contribution in [2.75, 3.05) is 18.1 Å². The quantitative estimate of drug-likeness (QED) is 0.421. The van der Waals surface area contributed by atoms with Gasteiger partial charge in [0.15, 0.2) is 5.54 Å². The highest BCUT2D eigenvalue weighted by Gasteiger charge is 2.48. The second kappa shape index (κ2) is 10.9. The fourth-order valence-corrected chi connectivity index (χ4v) is 3.98. The van der Waals surface area contributed by atoms with E-state index in [1.807, 2.05) is 0 Å². The van der Waals surface area contributed by atoms with Gasteiger partial charge in [-0.25, -0.2) is 14.4 Å². The summed E-state index contributed by atoms with van der Waals surface area (Å²) >= 11 is 11.7. The number of halogens is 6. The van der Waals surface area contributed by atoms with Gasteiger partial charge in [-0.05, 0) is 31.9 Å². The Morgan fingerprint density at radius 1 is 1.23 bits per heavy atom. The maximum atomic E-state index is 14.2. The molecule has 1 saturated heterocycles. The van der Waals surface area contributed by atoms with Crippen LogP contribution in [0.5, 0.6) is 5.75 Å². The zero-order valence-electron chi connectivity index (χ0n) is 18.2. The number of alkyl halides is 5. The van der Waals surface area contributed by atoms with Crippen LogP contribution in [-0.4, -0.2) is 53.0 Å². The van der Waals surface area contributed by atoms with E-state index in [4.69, 9.17) is 27.9 Å². The summed E-state index contributed by atoms with van der Waals surface area (Å²) in [5, 5.41) is 2.38. The highest BCUT2D eigenvalue weighted by Crippen LogP contribution is 2.40. The summed E-state index contributed by atoms with van der Waals surface area (Å²) in [5.74, 6) is -2.80. The van der Waals surface area contributed by atoms with Gasteiger partial charge in [-0.1, -0.05) is 23.2 Å². The molecule has 1 aliphatic heterocycles. The van der Waals surface area contributed by atoms with Crippen LogP contribution in [0.3, 0.4) is 0 Å². The molecular weight excluding hydrogens is 519 g/mol. The Bertz CT molecular complexity index is 1060. The van der Waals surface area contributed by atoms with E-state index in [0.29, 0.717) is 31.0 Å².